The van der Waals surface area contributed by atoms with Crippen LogP contribution < -0.4 is 4.90 Å². The van der Waals surface area contributed by atoms with Crippen LogP contribution >= 0.6 is 23.2 Å². The van der Waals surface area contributed by atoms with Crippen molar-refractivity contribution in [2.75, 3.05) is 18.1 Å². The monoisotopic (exact) mass is 328 g/mol. The zero-order valence-electron chi connectivity index (χ0n) is 10.9. The van der Waals surface area contributed by atoms with Crippen molar-refractivity contribution in [3.05, 3.63) is 22.5 Å². The van der Waals surface area contributed by atoms with E-state index in [2.05, 4.69) is 19.9 Å². The van der Waals surface area contributed by atoms with E-state index in [0.717, 1.165) is 12.8 Å². The predicted molar refractivity (Wildman–Crippen MR) is 77.4 cm³/mol. The lowest BCUT2D eigenvalue weighted by molar-refractivity contribution is 0.0904. The highest BCUT2D eigenvalue weighted by Gasteiger charge is 2.39. The molecule has 4 heterocycles. The molecule has 8 heteroatoms. The second kappa shape index (κ2) is 4.90. The number of rotatable bonds is 1. The van der Waals surface area contributed by atoms with E-state index in [-0.39, 0.29) is 28.0 Å². The Morgan fingerprint density at radius 1 is 1.19 bits per heavy atom. The van der Waals surface area contributed by atoms with Gasteiger partial charge < -0.3 is 9.64 Å². The molecule has 2 bridgehead atoms. The summed E-state index contributed by atoms with van der Waals surface area (Å²) in [6.07, 6.45) is 3.55. The number of aromatic nitrogens is 3. The van der Waals surface area contributed by atoms with Crippen molar-refractivity contribution in [1.29, 1.82) is 0 Å². The van der Waals surface area contributed by atoms with Gasteiger partial charge in [0.1, 0.15) is 11.3 Å². The minimum absolute atomic E-state index is 0.00422. The molecule has 0 aromatic carbocycles. The summed E-state index contributed by atoms with van der Waals surface area (Å²) in [6.45, 7) is 1.28. The van der Waals surface area contributed by atoms with Gasteiger partial charge in [0.2, 0.25) is 5.28 Å². The summed E-state index contributed by atoms with van der Waals surface area (Å²) in [6, 6.07) is 0.466. The Labute approximate surface area is 130 Å². The van der Waals surface area contributed by atoms with Crippen LogP contribution in [0.15, 0.2) is 6.20 Å². The van der Waals surface area contributed by atoms with Crippen molar-refractivity contribution in [1.82, 2.24) is 15.0 Å². The van der Waals surface area contributed by atoms with E-state index in [9.17, 15) is 4.39 Å². The van der Waals surface area contributed by atoms with Gasteiger partial charge in [0.05, 0.1) is 30.7 Å². The topological polar surface area (TPSA) is 51.1 Å². The maximum absolute atomic E-state index is 14.1. The first-order valence-corrected chi connectivity index (χ1v) is 7.44. The van der Waals surface area contributed by atoms with Crippen LogP contribution in [0.2, 0.25) is 10.4 Å². The molecule has 0 aliphatic carbocycles. The molecule has 0 radical (unpaired) electrons. The number of morpholine rings is 1. The van der Waals surface area contributed by atoms with Crippen molar-refractivity contribution < 1.29 is 9.13 Å². The zero-order chi connectivity index (χ0) is 14.6. The SMILES string of the molecule is Fc1c(Cl)ncc2c(N3C4CCC3COC4)nc(Cl)nc12. The van der Waals surface area contributed by atoms with E-state index >= 15 is 0 Å². The van der Waals surface area contributed by atoms with Crippen molar-refractivity contribution in [3.8, 4) is 0 Å². The molecular weight excluding hydrogens is 318 g/mol. The summed E-state index contributed by atoms with van der Waals surface area (Å²) in [4.78, 5) is 14.3. The number of anilines is 1. The molecule has 0 N–H and O–H groups in total. The second-order valence-electron chi connectivity index (χ2n) is 5.27. The van der Waals surface area contributed by atoms with Gasteiger partial charge >= 0.3 is 0 Å². The largest absolute Gasteiger partial charge is 0.377 e. The normalized spacial score (nSPS) is 24.8. The molecule has 0 amide bonds. The molecule has 2 fully saturated rings. The smallest absolute Gasteiger partial charge is 0.225 e. The molecular formula is C13H11Cl2FN4O. The fraction of sp³-hybridized carbons (Fsp3) is 0.462. The summed E-state index contributed by atoms with van der Waals surface area (Å²) >= 11 is 11.7. The number of pyridine rings is 1. The van der Waals surface area contributed by atoms with Crippen LogP contribution in [0, 0.1) is 5.82 Å². The summed E-state index contributed by atoms with van der Waals surface area (Å²) in [5.41, 5.74) is 0.107. The molecule has 2 aliphatic heterocycles. The minimum Gasteiger partial charge on any atom is -0.377 e. The maximum atomic E-state index is 14.1. The number of fused-ring (bicyclic) bond motifs is 3. The Hall–Kier alpha value is -1.24. The molecule has 2 unspecified atom stereocenters. The lowest BCUT2D eigenvalue weighted by atomic mass is 10.2. The quantitative estimate of drug-likeness (QED) is 0.595. The molecule has 110 valence electrons. The van der Waals surface area contributed by atoms with Gasteiger partial charge in [-0.05, 0) is 24.4 Å². The third-order valence-corrected chi connectivity index (χ3v) is 4.51. The average molecular weight is 329 g/mol. The summed E-state index contributed by atoms with van der Waals surface area (Å²) in [5.74, 6) is -0.0517. The molecule has 0 saturated carbocycles. The first-order chi connectivity index (χ1) is 10.1. The average Bonchev–Trinajstić information content (AvgIpc) is 2.71. The number of hydrogen-bond acceptors (Lipinski definition) is 5. The van der Waals surface area contributed by atoms with Crippen molar-refractivity contribution >= 4 is 39.9 Å². The van der Waals surface area contributed by atoms with Crippen molar-refractivity contribution in [2.24, 2.45) is 0 Å². The lowest BCUT2D eigenvalue weighted by Crippen LogP contribution is -2.46. The van der Waals surface area contributed by atoms with Gasteiger partial charge in [0, 0.05) is 6.20 Å². The minimum atomic E-state index is -0.666. The highest BCUT2D eigenvalue weighted by Crippen LogP contribution is 2.37. The van der Waals surface area contributed by atoms with Crippen LogP contribution in [0.1, 0.15) is 12.8 Å². The number of halogens is 3. The Kier molecular flexibility index (Phi) is 3.13. The molecule has 2 aromatic rings. The highest BCUT2D eigenvalue weighted by molar-refractivity contribution is 6.30. The van der Waals surface area contributed by atoms with E-state index in [4.69, 9.17) is 27.9 Å². The fourth-order valence-electron chi connectivity index (χ4n) is 3.16. The predicted octanol–water partition coefficient (Wildman–Crippen LogP) is 2.84. The maximum Gasteiger partial charge on any atom is 0.225 e. The molecule has 21 heavy (non-hydrogen) atoms. The van der Waals surface area contributed by atoms with Gasteiger partial charge in [-0.1, -0.05) is 11.6 Å². The standard InChI is InChI=1S/C13H11Cl2FN4O/c14-11-9(16)10-8(3-17-11)12(19-13(15)18-10)20-6-1-2-7(20)5-21-4-6/h3,6-7H,1-2,4-5H2. The van der Waals surface area contributed by atoms with Crippen LogP contribution in [0.3, 0.4) is 0 Å². The van der Waals surface area contributed by atoms with Gasteiger partial charge in [-0.3, -0.25) is 0 Å². The van der Waals surface area contributed by atoms with E-state index in [1.54, 1.807) is 0 Å². The number of hydrogen-bond donors (Lipinski definition) is 0. The Bertz CT molecular complexity index is 713. The molecule has 2 aromatic heterocycles. The van der Waals surface area contributed by atoms with E-state index in [1.165, 1.54) is 6.20 Å². The molecule has 2 atom stereocenters. The first kappa shape index (κ1) is 13.4. The van der Waals surface area contributed by atoms with Crippen LogP contribution in [0.4, 0.5) is 10.2 Å². The van der Waals surface area contributed by atoms with Crippen molar-refractivity contribution in [3.63, 3.8) is 0 Å². The summed E-state index contributed by atoms with van der Waals surface area (Å²) in [5, 5.41) is 0.317. The summed E-state index contributed by atoms with van der Waals surface area (Å²) in [7, 11) is 0. The molecule has 5 nitrogen and oxygen atoms in total. The molecule has 2 saturated heterocycles. The Balaban J connectivity index is 1.94. The van der Waals surface area contributed by atoms with Crippen molar-refractivity contribution in [2.45, 2.75) is 24.9 Å². The number of nitrogens with zero attached hydrogens (tertiary/aromatic N) is 4. The van der Waals surface area contributed by atoms with Gasteiger partial charge in [-0.15, -0.1) is 0 Å². The Morgan fingerprint density at radius 3 is 2.62 bits per heavy atom. The van der Waals surface area contributed by atoms with Gasteiger partial charge in [-0.2, -0.15) is 4.98 Å². The van der Waals surface area contributed by atoms with Crippen LogP contribution in [-0.4, -0.2) is 40.2 Å². The van der Waals surface area contributed by atoms with Crippen LogP contribution in [-0.2, 0) is 4.74 Å². The van der Waals surface area contributed by atoms with Gasteiger partial charge in [0.25, 0.3) is 0 Å². The van der Waals surface area contributed by atoms with Crippen LogP contribution in [0.25, 0.3) is 10.9 Å². The lowest BCUT2D eigenvalue weighted by Gasteiger charge is -2.36. The zero-order valence-corrected chi connectivity index (χ0v) is 12.4. The molecule has 0 spiro atoms. The first-order valence-electron chi connectivity index (χ1n) is 6.68. The van der Waals surface area contributed by atoms with E-state index < -0.39 is 5.82 Å². The van der Waals surface area contributed by atoms with Crippen LogP contribution in [0.5, 0.6) is 0 Å². The van der Waals surface area contributed by atoms with E-state index in [1.807, 2.05) is 0 Å². The summed E-state index contributed by atoms with van der Waals surface area (Å²) < 4.78 is 19.7. The van der Waals surface area contributed by atoms with Gasteiger partial charge in [0.15, 0.2) is 11.0 Å². The molecule has 2 aliphatic rings. The molecule has 4 rings (SSSR count). The third kappa shape index (κ3) is 2.05. The highest BCUT2D eigenvalue weighted by atomic mass is 35.5. The van der Waals surface area contributed by atoms with E-state index in [0.29, 0.717) is 24.4 Å². The fourth-order valence-corrected chi connectivity index (χ4v) is 3.47. The Morgan fingerprint density at radius 2 is 1.90 bits per heavy atom. The van der Waals surface area contributed by atoms with Gasteiger partial charge in [-0.25, -0.2) is 14.4 Å². The third-order valence-electron chi connectivity index (χ3n) is 4.08. The number of ether oxygens (including phenoxy) is 1. The second-order valence-corrected chi connectivity index (χ2v) is 5.97.